The molecule has 2 N–H and O–H groups in total. The largest absolute Gasteiger partial charge is 0.496 e. The van der Waals surface area contributed by atoms with Crippen LogP contribution >= 0.6 is 0 Å². The van der Waals surface area contributed by atoms with Gasteiger partial charge in [0, 0.05) is 31.2 Å². The lowest BCUT2D eigenvalue weighted by atomic mass is 10.0. The molecule has 1 aromatic carbocycles. The number of ether oxygens (including phenoxy) is 1. The molecule has 4 nitrogen and oxygen atoms in total. The SMILES string of the molecule is CCCN(CCN(C)C)Cc1cc(C(C)N)ccc1OC. The molecule has 4 heteroatoms. The van der Waals surface area contributed by atoms with Crippen LogP contribution in [0.2, 0.25) is 0 Å². The van der Waals surface area contributed by atoms with Gasteiger partial charge in [-0.15, -0.1) is 0 Å². The second-order valence-electron chi connectivity index (χ2n) is 5.94. The van der Waals surface area contributed by atoms with Crippen LogP contribution in [-0.2, 0) is 6.54 Å². The molecule has 0 aliphatic carbocycles. The van der Waals surface area contributed by atoms with E-state index in [4.69, 9.17) is 10.5 Å². The van der Waals surface area contributed by atoms with Gasteiger partial charge in [0.2, 0.25) is 0 Å². The van der Waals surface area contributed by atoms with Crippen molar-refractivity contribution in [2.24, 2.45) is 5.73 Å². The third-order valence-corrected chi connectivity index (χ3v) is 3.63. The lowest BCUT2D eigenvalue weighted by molar-refractivity contribution is 0.231. The molecule has 0 aromatic heterocycles. The second-order valence-corrected chi connectivity index (χ2v) is 5.94. The summed E-state index contributed by atoms with van der Waals surface area (Å²) in [6.45, 7) is 8.37. The van der Waals surface area contributed by atoms with Crippen molar-refractivity contribution in [3.63, 3.8) is 0 Å². The van der Waals surface area contributed by atoms with Gasteiger partial charge in [-0.2, -0.15) is 0 Å². The fourth-order valence-electron chi connectivity index (χ4n) is 2.37. The Morgan fingerprint density at radius 1 is 1.19 bits per heavy atom. The van der Waals surface area contributed by atoms with Crippen molar-refractivity contribution in [2.45, 2.75) is 32.9 Å². The predicted molar refractivity (Wildman–Crippen MR) is 89.7 cm³/mol. The van der Waals surface area contributed by atoms with Crippen LogP contribution in [0.4, 0.5) is 0 Å². The van der Waals surface area contributed by atoms with E-state index in [-0.39, 0.29) is 6.04 Å². The van der Waals surface area contributed by atoms with E-state index in [2.05, 4.69) is 43.0 Å². The lowest BCUT2D eigenvalue weighted by Gasteiger charge is -2.25. The highest BCUT2D eigenvalue weighted by atomic mass is 16.5. The van der Waals surface area contributed by atoms with Gasteiger partial charge in [-0.3, -0.25) is 4.90 Å². The standard InChI is InChI=1S/C17H31N3O/c1-6-9-20(11-10-19(3)4)13-16-12-15(14(2)18)7-8-17(16)21-5/h7-8,12,14H,6,9-11,13,18H2,1-5H3. The van der Waals surface area contributed by atoms with Crippen LogP contribution in [0.5, 0.6) is 5.75 Å². The summed E-state index contributed by atoms with van der Waals surface area (Å²) in [6, 6.07) is 6.32. The zero-order chi connectivity index (χ0) is 15.8. The summed E-state index contributed by atoms with van der Waals surface area (Å²) < 4.78 is 5.51. The topological polar surface area (TPSA) is 41.7 Å². The Balaban J connectivity index is 2.86. The number of benzene rings is 1. The van der Waals surface area contributed by atoms with Gasteiger partial charge in [0.05, 0.1) is 7.11 Å². The van der Waals surface area contributed by atoms with E-state index in [9.17, 15) is 0 Å². The van der Waals surface area contributed by atoms with E-state index >= 15 is 0 Å². The molecule has 120 valence electrons. The van der Waals surface area contributed by atoms with E-state index in [0.29, 0.717) is 0 Å². The van der Waals surface area contributed by atoms with Gasteiger partial charge in [0.25, 0.3) is 0 Å². The molecular formula is C17H31N3O. The van der Waals surface area contributed by atoms with Gasteiger partial charge in [-0.05, 0) is 51.7 Å². The molecule has 0 bridgehead atoms. The molecule has 0 radical (unpaired) electrons. The summed E-state index contributed by atoms with van der Waals surface area (Å²) >= 11 is 0. The first-order valence-electron chi connectivity index (χ1n) is 7.77. The first-order valence-corrected chi connectivity index (χ1v) is 7.77. The quantitative estimate of drug-likeness (QED) is 0.759. The highest BCUT2D eigenvalue weighted by Crippen LogP contribution is 2.24. The van der Waals surface area contributed by atoms with Crippen LogP contribution in [0.3, 0.4) is 0 Å². The van der Waals surface area contributed by atoms with Crippen LogP contribution in [0.1, 0.15) is 37.4 Å². The molecule has 0 amide bonds. The maximum Gasteiger partial charge on any atom is 0.123 e. The zero-order valence-corrected chi connectivity index (χ0v) is 14.2. The minimum atomic E-state index is 0.0519. The molecule has 0 aliphatic rings. The van der Waals surface area contributed by atoms with E-state index in [1.807, 2.05) is 13.0 Å². The summed E-state index contributed by atoms with van der Waals surface area (Å²) in [6.07, 6.45) is 1.16. The first kappa shape index (κ1) is 18.0. The number of rotatable bonds is 9. The lowest BCUT2D eigenvalue weighted by Crippen LogP contribution is -2.32. The Kier molecular flexibility index (Phi) is 7.72. The van der Waals surface area contributed by atoms with Gasteiger partial charge in [0.1, 0.15) is 5.75 Å². The van der Waals surface area contributed by atoms with E-state index < -0.39 is 0 Å². The van der Waals surface area contributed by atoms with Gasteiger partial charge in [-0.25, -0.2) is 0 Å². The summed E-state index contributed by atoms with van der Waals surface area (Å²) in [4.78, 5) is 4.70. The van der Waals surface area contributed by atoms with Gasteiger partial charge >= 0.3 is 0 Å². The van der Waals surface area contributed by atoms with E-state index in [1.165, 1.54) is 5.56 Å². The second kappa shape index (κ2) is 9.03. The van der Waals surface area contributed by atoms with Crippen LogP contribution in [0.25, 0.3) is 0 Å². The summed E-state index contributed by atoms with van der Waals surface area (Å²) in [7, 11) is 5.96. The number of nitrogens with zero attached hydrogens (tertiary/aromatic N) is 2. The Labute approximate surface area is 129 Å². The summed E-state index contributed by atoms with van der Waals surface area (Å²) in [5.41, 5.74) is 8.38. The molecule has 21 heavy (non-hydrogen) atoms. The Morgan fingerprint density at radius 3 is 2.43 bits per heavy atom. The Hall–Kier alpha value is -1.10. The minimum Gasteiger partial charge on any atom is -0.496 e. The first-order chi connectivity index (χ1) is 9.97. The number of hydrogen-bond acceptors (Lipinski definition) is 4. The zero-order valence-electron chi connectivity index (χ0n) is 14.2. The van der Waals surface area contributed by atoms with Crippen LogP contribution in [0, 0.1) is 0 Å². The number of methoxy groups -OCH3 is 1. The molecule has 1 rings (SSSR count). The molecule has 0 saturated carbocycles. The maximum absolute atomic E-state index is 6.00. The molecule has 1 unspecified atom stereocenters. The van der Waals surface area contributed by atoms with Crippen molar-refractivity contribution in [1.29, 1.82) is 0 Å². The Bertz CT molecular complexity index is 418. The van der Waals surface area contributed by atoms with Crippen molar-refractivity contribution >= 4 is 0 Å². The normalized spacial score (nSPS) is 13.0. The van der Waals surface area contributed by atoms with Gasteiger partial charge in [-0.1, -0.05) is 13.0 Å². The van der Waals surface area contributed by atoms with Crippen LogP contribution in [0.15, 0.2) is 18.2 Å². The fraction of sp³-hybridized carbons (Fsp3) is 0.647. The number of nitrogens with two attached hydrogens (primary N) is 1. The molecule has 1 atom stereocenters. The van der Waals surface area contributed by atoms with Crippen molar-refractivity contribution in [3.8, 4) is 5.75 Å². The number of hydrogen-bond donors (Lipinski definition) is 1. The average molecular weight is 293 g/mol. The monoisotopic (exact) mass is 293 g/mol. The van der Waals surface area contributed by atoms with Crippen LogP contribution in [-0.4, -0.2) is 50.6 Å². The maximum atomic E-state index is 6.00. The van der Waals surface area contributed by atoms with E-state index in [1.54, 1.807) is 7.11 Å². The smallest absolute Gasteiger partial charge is 0.123 e. The minimum absolute atomic E-state index is 0.0519. The molecule has 1 aromatic rings. The van der Waals surface area contributed by atoms with Crippen molar-refractivity contribution in [2.75, 3.05) is 40.8 Å². The molecule has 0 spiro atoms. The van der Waals surface area contributed by atoms with E-state index in [0.717, 1.165) is 43.9 Å². The molecule has 0 aliphatic heterocycles. The van der Waals surface area contributed by atoms with Crippen molar-refractivity contribution < 1.29 is 4.74 Å². The van der Waals surface area contributed by atoms with Crippen molar-refractivity contribution in [3.05, 3.63) is 29.3 Å². The highest BCUT2D eigenvalue weighted by molar-refractivity contribution is 5.38. The predicted octanol–water partition coefficient (Wildman–Crippen LogP) is 2.49. The fourth-order valence-corrected chi connectivity index (χ4v) is 2.37. The third-order valence-electron chi connectivity index (χ3n) is 3.63. The molecule has 0 fully saturated rings. The molecule has 0 saturated heterocycles. The van der Waals surface area contributed by atoms with Crippen LogP contribution < -0.4 is 10.5 Å². The Morgan fingerprint density at radius 2 is 1.90 bits per heavy atom. The van der Waals surface area contributed by atoms with Gasteiger partial charge < -0.3 is 15.4 Å². The average Bonchev–Trinajstić information content (AvgIpc) is 2.44. The summed E-state index contributed by atoms with van der Waals surface area (Å²) in [5.74, 6) is 0.949. The van der Waals surface area contributed by atoms with Gasteiger partial charge in [0.15, 0.2) is 0 Å². The highest BCUT2D eigenvalue weighted by Gasteiger charge is 2.11. The van der Waals surface area contributed by atoms with Crippen molar-refractivity contribution in [1.82, 2.24) is 9.80 Å². The molecular weight excluding hydrogens is 262 g/mol. The molecule has 0 heterocycles. The summed E-state index contributed by atoms with van der Waals surface area (Å²) in [5, 5.41) is 0. The third kappa shape index (κ3) is 6.04. The number of likely N-dealkylation sites (N-methyl/N-ethyl adjacent to an activating group) is 1.